The maximum atomic E-state index is 12.2. The molecule has 27 heavy (non-hydrogen) atoms. The molecule has 0 saturated heterocycles. The van der Waals surface area contributed by atoms with Gasteiger partial charge in [0.1, 0.15) is 5.01 Å². The summed E-state index contributed by atoms with van der Waals surface area (Å²) in [5, 5.41) is 18.4. The van der Waals surface area contributed by atoms with Crippen LogP contribution in [-0.2, 0) is 17.0 Å². The second kappa shape index (κ2) is 8.37. The number of thioether (sulfide) groups is 1. The first-order chi connectivity index (χ1) is 13.1. The van der Waals surface area contributed by atoms with Crippen molar-refractivity contribution >= 4 is 51.2 Å². The molecule has 140 valence electrons. The van der Waals surface area contributed by atoms with E-state index in [0.29, 0.717) is 6.04 Å². The minimum Gasteiger partial charge on any atom is -0.357 e. The van der Waals surface area contributed by atoms with Crippen molar-refractivity contribution in [3.05, 3.63) is 45.9 Å². The Morgan fingerprint density at radius 2 is 2.07 bits per heavy atom. The number of rotatable bonds is 8. The first-order valence-corrected chi connectivity index (χ1v) is 11.3. The molecule has 9 heteroatoms. The van der Waals surface area contributed by atoms with Crippen LogP contribution in [-0.4, -0.2) is 27.1 Å². The van der Waals surface area contributed by atoms with Crippen LogP contribution in [0.5, 0.6) is 0 Å². The summed E-state index contributed by atoms with van der Waals surface area (Å²) in [5.41, 5.74) is 2.95. The van der Waals surface area contributed by atoms with E-state index in [1.165, 1.54) is 29.7 Å². The number of carbonyl (C=O) groups excluding carboxylic acids is 1. The SMILES string of the molecule is Cc1ccc(NC(=O)Cc2nc(CSc3nnc(NC4CC4)s3)cs2)cc1. The third-order valence-corrected chi connectivity index (χ3v) is 6.82. The van der Waals surface area contributed by atoms with Gasteiger partial charge in [-0.2, -0.15) is 0 Å². The molecule has 1 amide bonds. The Bertz CT molecular complexity index is 917. The predicted molar refractivity (Wildman–Crippen MR) is 112 cm³/mol. The Labute approximate surface area is 169 Å². The number of hydrogen-bond donors (Lipinski definition) is 2. The fourth-order valence-electron chi connectivity index (χ4n) is 2.34. The van der Waals surface area contributed by atoms with Crippen LogP contribution in [0.25, 0.3) is 0 Å². The van der Waals surface area contributed by atoms with E-state index in [1.807, 2.05) is 36.6 Å². The van der Waals surface area contributed by atoms with Crippen LogP contribution in [0.1, 0.15) is 29.1 Å². The van der Waals surface area contributed by atoms with E-state index in [1.54, 1.807) is 23.1 Å². The van der Waals surface area contributed by atoms with Gasteiger partial charge in [0.05, 0.1) is 12.1 Å². The smallest absolute Gasteiger partial charge is 0.231 e. The zero-order valence-corrected chi connectivity index (χ0v) is 17.2. The van der Waals surface area contributed by atoms with E-state index in [4.69, 9.17) is 0 Å². The number of aryl methyl sites for hydroxylation is 1. The molecule has 4 rings (SSSR count). The first-order valence-electron chi connectivity index (χ1n) is 8.67. The normalized spacial score (nSPS) is 13.5. The molecule has 0 aliphatic heterocycles. The molecular weight excluding hydrogens is 398 g/mol. The van der Waals surface area contributed by atoms with Gasteiger partial charge in [-0.15, -0.1) is 21.5 Å². The first kappa shape index (κ1) is 18.4. The second-order valence-corrected chi connectivity index (χ2v) is 9.55. The molecule has 0 unspecified atom stereocenters. The number of aromatic nitrogens is 3. The van der Waals surface area contributed by atoms with Crippen molar-refractivity contribution in [3.8, 4) is 0 Å². The number of carbonyl (C=O) groups is 1. The summed E-state index contributed by atoms with van der Waals surface area (Å²) in [6, 6.07) is 8.36. The van der Waals surface area contributed by atoms with Crippen molar-refractivity contribution in [2.24, 2.45) is 0 Å². The van der Waals surface area contributed by atoms with Crippen molar-refractivity contribution in [3.63, 3.8) is 0 Å². The van der Waals surface area contributed by atoms with Gasteiger partial charge in [0.25, 0.3) is 0 Å². The molecule has 1 fully saturated rings. The van der Waals surface area contributed by atoms with E-state index in [2.05, 4.69) is 25.8 Å². The monoisotopic (exact) mass is 417 g/mol. The molecule has 2 heterocycles. The zero-order chi connectivity index (χ0) is 18.6. The van der Waals surface area contributed by atoms with Crippen molar-refractivity contribution in [2.75, 3.05) is 10.6 Å². The average Bonchev–Trinajstić information content (AvgIpc) is 3.16. The summed E-state index contributed by atoms with van der Waals surface area (Å²) in [6.45, 7) is 2.02. The van der Waals surface area contributed by atoms with Crippen LogP contribution >= 0.6 is 34.4 Å². The molecule has 6 nitrogen and oxygen atoms in total. The molecular formula is C18H19N5OS3. The van der Waals surface area contributed by atoms with E-state index < -0.39 is 0 Å². The topological polar surface area (TPSA) is 79.8 Å². The van der Waals surface area contributed by atoms with E-state index >= 15 is 0 Å². The highest BCUT2D eigenvalue weighted by Gasteiger charge is 2.22. The van der Waals surface area contributed by atoms with Gasteiger partial charge in [-0.05, 0) is 31.9 Å². The second-order valence-electron chi connectivity index (χ2n) is 6.40. The van der Waals surface area contributed by atoms with E-state index in [0.717, 1.165) is 31.6 Å². The molecule has 1 aromatic carbocycles. The molecule has 0 spiro atoms. The fraction of sp³-hybridized carbons (Fsp3) is 0.333. The lowest BCUT2D eigenvalue weighted by molar-refractivity contribution is -0.115. The van der Waals surface area contributed by atoms with Crippen LogP contribution in [0.15, 0.2) is 34.0 Å². The van der Waals surface area contributed by atoms with Crippen LogP contribution < -0.4 is 10.6 Å². The molecule has 3 aromatic rings. The number of thiazole rings is 1. The van der Waals surface area contributed by atoms with Crippen LogP contribution in [0, 0.1) is 6.92 Å². The van der Waals surface area contributed by atoms with Gasteiger partial charge < -0.3 is 10.6 Å². The molecule has 2 N–H and O–H groups in total. The van der Waals surface area contributed by atoms with Gasteiger partial charge in [-0.25, -0.2) is 4.98 Å². The van der Waals surface area contributed by atoms with Crippen LogP contribution in [0.3, 0.4) is 0 Å². The van der Waals surface area contributed by atoms with E-state index in [-0.39, 0.29) is 12.3 Å². The summed E-state index contributed by atoms with van der Waals surface area (Å²) in [7, 11) is 0. The molecule has 0 radical (unpaired) electrons. The van der Waals surface area contributed by atoms with Gasteiger partial charge in [0, 0.05) is 22.9 Å². The minimum absolute atomic E-state index is 0.0488. The van der Waals surface area contributed by atoms with Crippen molar-refractivity contribution < 1.29 is 4.79 Å². The Balaban J connectivity index is 1.25. The van der Waals surface area contributed by atoms with Crippen molar-refractivity contribution in [1.29, 1.82) is 0 Å². The Morgan fingerprint density at radius 3 is 2.85 bits per heavy atom. The maximum Gasteiger partial charge on any atom is 0.231 e. The summed E-state index contributed by atoms with van der Waals surface area (Å²) in [6.07, 6.45) is 2.74. The van der Waals surface area contributed by atoms with Gasteiger partial charge in [0.15, 0.2) is 4.34 Å². The number of benzene rings is 1. The summed E-state index contributed by atoms with van der Waals surface area (Å²) < 4.78 is 0.935. The lowest BCUT2D eigenvalue weighted by Gasteiger charge is -2.04. The van der Waals surface area contributed by atoms with Crippen molar-refractivity contribution in [2.45, 2.75) is 42.3 Å². The molecule has 1 aliphatic rings. The summed E-state index contributed by atoms with van der Waals surface area (Å²) in [5.74, 6) is 0.682. The standard InChI is InChI=1S/C18H19N5OS3/c1-11-2-4-12(5-3-11)19-15(24)8-16-20-14(9-25-16)10-26-18-23-22-17(27-18)21-13-6-7-13/h2-5,9,13H,6-8,10H2,1H3,(H,19,24)(H,21,22). The fourth-order valence-corrected chi connectivity index (χ4v) is 4.96. The minimum atomic E-state index is -0.0488. The Kier molecular flexibility index (Phi) is 5.70. The van der Waals surface area contributed by atoms with Gasteiger partial charge in [0.2, 0.25) is 11.0 Å². The predicted octanol–water partition coefficient (Wildman–Crippen LogP) is 4.35. The number of hydrogen-bond acceptors (Lipinski definition) is 8. The number of amides is 1. The molecule has 1 saturated carbocycles. The van der Waals surface area contributed by atoms with Crippen molar-refractivity contribution in [1.82, 2.24) is 15.2 Å². The highest BCUT2D eigenvalue weighted by molar-refractivity contribution is 8.00. The Morgan fingerprint density at radius 1 is 1.26 bits per heavy atom. The van der Waals surface area contributed by atoms with Gasteiger partial charge >= 0.3 is 0 Å². The molecule has 1 aliphatic carbocycles. The molecule has 2 aromatic heterocycles. The molecule has 0 bridgehead atoms. The summed E-state index contributed by atoms with van der Waals surface area (Å²) >= 11 is 4.73. The summed E-state index contributed by atoms with van der Waals surface area (Å²) in [4.78, 5) is 16.7. The van der Waals surface area contributed by atoms with Crippen LogP contribution in [0.2, 0.25) is 0 Å². The quantitative estimate of drug-likeness (QED) is 0.531. The van der Waals surface area contributed by atoms with Crippen LogP contribution in [0.4, 0.5) is 10.8 Å². The Hall–Kier alpha value is -1.97. The van der Waals surface area contributed by atoms with E-state index in [9.17, 15) is 4.79 Å². The average molecular weight is 418 g/mol. The van der Waals surface area contributed by atoms with Gasteiger partial charge in [-0.3, -0.25) is 4.79 Å². The number of nitrogens with zero attached hydrogens (tertiary/aromatic N) is 3. The lowest BCUT2D eigenvalue weighted by atomic mass is 10.2. The third kappa shape index (κ3) is 5.50. The lowest BCUT2D eigenvalue weighted by Crippen LogP contribution is -2.14. The maximum absolute atomic E-state index is 12.2. The molecule has 0 atom stereocenters. The highest BCUT2D eigenvalue weighted by Crippen LogP contribution is 2.31. The number of nitrogens with one attached hydrogen (secondary N) is 2. The number of anilines is 2. The third-order valence-electron chi connectivity index (χ3n) is 3.90. The van der Waals surface area contributed by atoms with Gasteiger partial charge in [-0.1, -0.05) is 40.8 Å². The zero-order valence-electron chi connectivity index (χ0n) is 14.8. The highest BCUT2D eigenvalue weighted by atomic mass is 32.2. The largest absolute Gasteiger partial charge is 0.357 e.